The minimum absolute atomic E-state index is 0.163. The molecule has 8 heteroatoms. The summed E-state index contributed by atoms with van der Waals surface area (Å²) in [7, 11) is 5.88. The molecule has 0 saturated carbocycles. The normalized spacial score (nSPS) is 13.9. The molecule has 1 aromatic heterocycles. The molecule has 4 rings (SSSR count). The summed E-state index contributed by atoms with van der Waals surface area (Å²) in [4.78, 5) is 22.4. The number of aromatic nitrogens is 1. The van der Waals surface area contributed by atoms with Crippen LogP contribution >= 0.6 is 11.3 Å². The third-order valence-electron chi connectivity index (χ3n) is 5.87. The molecule has 0 amide bonds. The van der Waals surface area contributed by atoms with Crippen LogP contribution in [-0.4, -0.2) is 56.0 Å². The van der Waals surface area contributed by atoms with Crippen LogP contribution in [0.4, 0.5) is 22.3 Å². The van der Waals surface area contributed by atoms with Gasteiger partial charge in [0.1, 0.15) is 16.4 Å². The van der Waals surface area contributed by atoms with Gasteiger partial charge in [-0.2, -0.15) is 0 Å². The van der Waals surface area contributed by atoms with E-state index in [1.54, 1.807) is 31.4 Å². The third-order valence-corrected chi connectivity index (χ3v) is 6.86. The largest absolute Gasteiger partial charge is 0.497 e. The monoisotopic (exact) mass is 481 g/mol. The number of ketones is 1. The molecular weight excluding hydrogens is 446 g/mol. The Kier molecular flexibility index (Phi) is 8.90. The van der Waals surface area contributed by atoms with Gasteiger partial charge in [-0.1, -0.05) is 37.3 Å². The average Bonchev–Trinajstić information content (AvgIpc) is 3.25. The van der Waals surface area contributed by atoms with E-state index in [2.05, 4.69) is 46.3 Å². The third kappa shape index (κ3) is 6.07. The van der Waals surface area contributed by atoms with E-state index >= 15 is 0 Å². The van der Waals surface area contributed by atoms with Crippen LogP contribution in [0.1, 0.15) is 41.9 Å². The Morgan fingerprint density at radius 3 is 2.44 bits per heavy atom. The zero-order valence-corrected chi connectivity index (χ0v) is 21.5. The number of nitrogens with one attached hydrogen (secondary N) is 1. The fourth-order valence-electron chi connectivity index (χ4n) is 3.96. The number of hydrogen-bond donors (Lipinski definition) is 2. The Labute approximate surface area is 206 Å². The van der Waals surface area contributed by atoms with E-state index in [4.69, 9.17) is 10.5 Å². The molecule has 1 saturated heterocycles. The highest BCUT2D eigenvalue weighted by Gasteiger charge is 2.21. The number of benzene rings is 2. The number of hydrogen-bond acceptors (Lipinski definition) is 8. The number of nitrogen functional groups attached to an aromatic ring is 1. The van der Waals surface area contributed by atoms with Crippen LogP contribution in [-0.2, 0) is 0 Å². The number of piperidine rings is 1. The number of thiazole rings is 1. The van der Waals surface area contributed by atoms with Gasteiger partial charge in [0.2, 0.25) is 5.78 Å². The molecule has 2 aromatic carbocycles. The van der Waals surface area contributed by atoms with Gasteiger partial charge in [0.15, 0.2) is 5.13 Å². The smallest absolute Gasteiger partial charge is 0.206 e. The molecule has 182 valence electrons. The second-order valence-corrected chi connectivity index (χ2v) is 9.15. The fraction of sp³-hybridized carbons (Fsp3) is 0.385. The lowest BCUT2D eigenvalue weighted by Gasteiger charge is -2.36. The van der Waals surface area contributed by atoms with Crippen LogP contribution in [0.2, 0.25) is 0 Å². The van der Waals surface area contributed by atoms with Crippen molar-refractivity contribution in [3.05, 3.63) is 59.0 Å². The topological polar surface area (TPSA) is 83.7 Å². The molecule has 0 spiro atoms. The van der Waals surface area contributed by atoms with Gasteiger partial charge in [-0.25, -0.2) is 4.98 Å². The van der Waals surface area contributed by atoms with Gasteiger partial charge in [0, 0.05) is 36.1 Å². The van der Waals surface area contributed by atoms with Gasteiger partial charge in [-0.05, 0) is 63.3 Å². The predicted molar refractivity (Wildman–Crippen MR) is 143 cm³/mol. The van der Waals surface area contributed by atoms with E-state index < -0.39 is 0 Å². The number of carbonyl (C=O) groups is 1. The zero-order chi connectivity index (χ0) is 24.7. The van der Waals surface area contributed by atoms with E-state index in [-0.39, 0.29) is 11.6 Å². The van der Waals surface area contributed by atoms with Crippen molar-refractivity contribution in [2.24, 2.45) is 0 Å². The summed E-state index contributed by atoms with van der Waals surface area (Å²) in [5.74, 6) is 0.692. The van der Waals surface area contributed by atoms with Crippen LogP contribution in [0.3, 0.4) is 0 Å². The number of nitrogens with zero attached hydrogens (tertiary/aromatic N) is 3. The first-order valence-electron chi connectivity index (χ1n) is 11.7. The summed E-state index contributed by atoms with van der Waals surface area (Å²) in [6.07, 6.45) is 2.35. The Hall–Kier alpha value is -3.10. The summed E-state index contributed by atoms with van der Waals surface area (Å²) in [5.41, 5.74) is 8.71. The van der Waals surface area contributed by atoms with Crippen LogP contribution in [0, 0.1) is 0 Å². The van der Waals surface area contributed by atoms with E-state index in [1.165, 1.54) is 29.9 Å². The molecule has 0 atom stereocenters. The highest BCUT2D eigenvalue weighted by Crippen LogP contribution is 2.31. The molecular formula is C26H35N5O2S. The molecule has 1 aliphatic heterocycles. The number of rotatable bonds is 7. The van der Waals surface area contributed by atoms with Crippen molar-refractivity contribution in [2.75, 3.05) is 50.2 Å². The molecule has 2 heterocycles. The SMILES string of the molecule is CC.COc1cccc(C(=O)c2sc(Nc3ccc(N4CCC(N(C)C)CC4)cc3)nc2N)c1. The lowest BCUT2D eigenvalue weighted by Crippen LogP contribution is -2.41. The highest BCUT2D eigenvalue weighted by atomic mass is 32.1. The average molecular weight is 482 g/mol. The first kappa shape index (κ1) is 25.5. The van der Waals surface area contributed by atoms with Crippen LogP contribution in [0.15, 0.2) is 48.5 Å². The summed E-state index contributed by atoms with van der Waals surface area (Å²) in [6, 6.07) is 16.0. The molecule has 0 bridgehead atoms. The Balaban J connectivity index is 0.00000158. The van der Waals surface area contributed by atoms with Crippen LogP contribution in [0.5, 0.6) is 5.75 Å². The number of methoxy groups -OCH3 is 1. The van der Waals surface area contributed by atoms with Crippen molar-refractivity contribution in [1.29, 1.82) is 0 Å². The van der Waals surface area contributed by atoms with E-state index in [9.17, 15) is 4.79 Å². The maximum atomic E-state index is 12.9. The minimum atomic E-state index is -0.163. The molecule has 34 heavy (non-hydrogen) atoms. The van der Waals surface area contributed by atoms with Crippen molar-refractivity contribution < 1.29 is 9.53 Å². The zero-order valence-electron chi connectivity index (χ0n) is 20.7. The second-order valence-electron chi connectivity index (χ2n) is 8.15. The molecule has 0 unspecified atom stereocenters. The van der Waals surface area contributed by atoms with E-state index in [0.29, 0.717) is 27.4 Å². The maximum Gasteiger partial charge on any atom is 0.206 e. The fourth-order valence-corrected chi connectivity index (χ4v) is 4.83. The molecule has 3 aromatic rings. The number of nitrogens with two attached hydrogens (primary N) is 1. The number of carbonyl (C=O) groups excluding carboxylic acids is 1. The summed E-state index contributed by atoms with van der Waals surface area (Å²) in [5, 5.41) is 3.86. The van der Waals surface area contributed by atoms with Gasteiger partial charge >= 0.3 is 0 Å². The summed E-state index contributed by atoms with van der Waals surface area (Å²) in [6.45, 7) is 6.13. The lowest BCUT2D eigenvalue weighted by atomic mass is 10.0. The summed E-state index contributed by atoms with van der Waals surface area (Å²) < 4.78 is 5.21. The first-order chi connectivity index (χ1) is 16.4. The number of ether oxygens (including phenoxy) is 1. The van der Waals surface area contributed by atoms with Crippen molar-refractivity contribution in [2.45, 2.75) is 32.7 Å². The van der Waals surface area contributed by atoms with Gasteiger partial charge < -0.3 is 25.6 Å². The lowest BCUT2D eigenvalue weighted by molar-refractivity contribution is 0.104. The molecule has 7 nitrogen and oxygen atoms in total. The maximum absolute atomic E-state index is 12.9. The summed E-state index contributed by atoms with van der Waals surface area (Å²) >= 11 is 1.25. The minimum Gasteiger partial charge on any atom is -0.497 e. The van der Waals surface area contributed by atoms with Gasteiger partial charge in [0.25, 0.3) is 0 Å². The first-order valence-corrected chi connectivity index (χ1v) is 12.5. The van der Waals surface area contributed by atoms with Gasteiger partial charge in [-0.15, -0.1) is 0 Å². The highest BCUT2D eigenvalue weighted by molar-refractivity contribution is 7.18. The van der Waals surface area contributed by atoms with E-state index in [0.717, 1.165) is 18.8 Å². The Morgan fingerprint density at radius 2 is 1.82 bits per heavy atom. The quantitative estimate of drug-likeness (QED) is 0.445. The van der Waals surface area contributed by atoms with Crippen LogP contribution in [0.25, 0.3) is 0 Å². The van der Waals surface area contributed by atoms with Crippen molar-refractivity contribution in [1.82, 2.24) is 9.88 Å². The molecule has 1 aliphatic rings. The van der Waals surface area contributed by atoms with Gasteiger partial charge in [0.05, 0.1) is 7.11 Å². The molecule has 3 N–H and O–H groups in total. The Bertz CT molecular complexity index is 1070. The van der Waals surface area contributed by atoms with Crippen LogP contribution < -0.4 is 20.7 Å². The molecule has 1 fully saturated rings. The molecule has 0 radical (unpaired) electrons. The predicted octanol–water partition coefficient (Wildman–Crippen LogP) is 5.27. The number of anilines is 4. The van der Waals surface area contributed by atoms with Crippen molar-refractivity contribution in [3.8, 4) is 5.75 Å². The van der Waals surface area contributed by atoms with E-state index in [1.807, 2.05) is 26.0 Å². The van der Waals surface area contributed by atoms with Crippen molar-refractivity contribution in [3.63, 3.8) is 0 Å². The van der Waals surface area contributed by atoms with Gasteiger partial charge in [-0.3, -0.25) is 4.79 Å². The molecule has 0 aliphatic carbocycles. The Morgan fingerprint density at radius 1 is 1.15 bits per heavy atom. The van der Waals surface area contributed by atoms with Crippen molar-refractivity contribution >= 4 is 39.4 Å². The standard InChI is InChI=1S/C24H29N5O2S.C2H6/c1-28(2)18-11-13-29(14-12-18)19-9-7-17(8-10-19)26-24-27-23(25)22(32-24)21(30)16-5-4-6-20(15-16)31-3;1-2/h4-10,15,18H,11-14,25H2,1-3H3,(H,26,27);1-2H3. The second kappa shape index (κ2) is 11.9.